The number of rotatable bonds is 3. The van der Waals surface area contributed by atoms with E-state index in [-0.39, 0.29) is 11.8 Å². The van der Waals surface area contributed by atoms with Crippen LogP contribution in [0.1, 0.15) is 20.7 Å². The number of carbonyl (C=O) groups excluding carboxylic acids is 2. The number of nitrogens with one attached hydrogen (secondary N) is 2. The van der Waals surface area contributed by atoms with E-state index in [1.165, 1.54) is 12.4 Å². The minimum Gasteiger partial charge on any atom is -0.355 e. The van der Waals surface area contributed by atoms with Gasteiger partial charge in [0.05, 0.1) is 10.6 Å². The summed E-state index contributed by atoms with van der Waals surface area (Å²) in [7, 11) is 1.56. The average molecular weight is 290 g/mol. The topological polar surface area (TPSA) is 71.1 Å². The fraction of sp³-hybridized carbons (Fsp3) is 0.0714. The third-order valence-corrected chi connectivity index (χ3v) is 2.97. The van der Waals surface area contributed by atoms with Gasteiger partial charge in [-0.3, -0.25) is 14.6 Å². The highest BCUT2D eigenvalue weighted by Crippen LogP contribution is 2.16. The Morgan fingerprint density at radius 2 is 1.80 bits per heavy atom. The normalized spacial score (nSPS) is 9.90. The standard InChI is InChI=1S/C14H12ClN3O2/c1-16-13(19)9-2-4-10(5-3-9)18-14(20)11-8-17-7-6-12(11)15/h2-8H,1H3,(H,16,19)(H,18,20). The molecule has 1 aromatic carbocycles. The highest BCUT2D eigenvalue weighted by molar-refractivity contribution is 6.34. The number of anilines is 1. The van der Waals surface area contributed by atoms with Gasteiger partial charge >= 0.3 is 0 Å². The molecule has 0 spiro atoms. The van der Waals surface area contributed by atoms with Gasteiger partial charge in [0.1, 0.15) is 0 Å². The van der Waals surface area contributed by atoms with Crippen LogP contribution in [0.25, 0.3) is 0 Å². The Labute approximate surface area is 121 Å². The third kappa shape index (κ3) is 3.13. The van der Waals surface area contributed by atoms with E-state index in [4.69, 9.17) is 11.6 Å². The van der Waals surface area contributed by atoms with Crippen molar-refractivity contribution >= 4 is 29.1 Å². The van der Waals surface area contributed by atoms with Crippen molar-refractivity contribution in [1.82, 2.24) is 10.3 Å². The van der Waals surface area contributed by atoms with E-state index in [0.717, 1.165) is 0 Å². The quantitative estimate of drug-likeness (QED) is 0.911. The number of amides is 2. The zero-order valence-corrected chi connectivity index (χ0v) is 11.4. The van der Waals surface area contributed by atoms with Crippen LogP contribution in [0.3, 0.4) is 0 Å². The minimum atomic E-state index is -0.351. The Kier molecular flexibility index (Phi) is 4.32. The smallest absolute Gasteiger partial charge is 0.258 e. The summed E-state index contributed by atoms with van der Waals surface area (Å²) >= 11 is 5.92. The number of hydrogen-bond acceptors (Lipinski definition) is 3. The molecule has 5 nitrogen and oxygen atoms in total. The number of nitrogens with zero attached hydrogens (tertiary/aromatic N) is 1. The molecule has 20 heavy (non-hydrogen) atoms. The zero-order chi connectivity index (χ0) is 14.5. The Morgan fingerprint density at radius 1 is 1.10 bits per heavy atom. The highest BCUT2D eigenvalue weighted by atomic mass is 35.5. The minimum absolute atomic E-state index is 0.182. The summed E-state index contributed by atoms with van der Waals surface area (Å²) in [6, 6.07) is 8.09. The predicted octanol–water partition coefficient (Wildman–Crippen LogP) is 2.35. The van der Waals surface area contributed by atoms with Gasteiger partial charge < -0.3 is 10.6 Å². The molecule has 0 atom stereocenters. The van der Waals surface area contributed by atoms with E-state index < -0.39 is 0 Å². The Morgan fingerprint density at radius 3 is 2.40 bits per heavy atom. The van der Waals surface area contributed by atoms with Gasteiger partial charge in [0, 0.05) is 30.7 Å². The number of carbonyl (C=O) groups is 2. The molecule has 102 valence electrons. The van der Waals surface area contributed by atoms with Crippen molar-refractivity contribution in [2.45, 2.75) is 0 Å². The van der Waals surface area contributed by atoms with E-state index in [0.29, 0.717) is 21.8 Å². The van der Waals surface area contributed by atoms with E-state index >= 15 is 0 Å². The summed E-state index contributed by atoms with van der Waals surface area (Å²) in [5.41, 5.74) is 1.39. The van der Waals surface area contributed by atoms with Crippen LogP contribution in [0.5, 0.6) is 0 Å². The molecule has 0 fully saturated rings. The molecule has 0 aliphatic rings. The molecular formula is C14H12ClN3O2. The van der Waals surface area contributed by atoms with Crippen molar-refractivity contribution in [2.75, 3.05) is 12.4 Å². The summed E-state index contributed by atoms with van der Waals surface area (Å²) in [6.45, 7) is 0. The van der Waals surface area contributed by atoms with Crippen LogP contribution in [0, 0.1) is 0 Å². The van der Waals surface area contributed by atoms with Crippen LogP contribution < -0.4 is 10.6 Å². The lowest BCUT2D eigenvalue weighted by Gasteiger charge is -2.07. The van der Waals surface area contributed by atoms with Crippen molar-refractivity contribution < 1.29 is 9.59 Å². The summed E-state index contributed by atoms with van der Waals surface area (Å²) in [5, 5.41) is 5.54. The maximum absolute atomic E-state index is 12.0. The first kappa shape index (κ1) is 14.0. The Bertz CT molecular complexity index is 641. The molecule has 6 heteroatoms. The van der Waals surface area contributed by atoms with Crippen molar-refractivity contribution in [3.05, 3.63) is 58.9 Å². The van der Waals surface area contributed by atoms with Gasteiger partial charge in [-0.1, -0.05) is 11.6 Å². The van der Waals surface area contributed by atoms with Crippen molar-refractivity contribution in [3.63, 3.8) is 0 Å². The molecule has 0 aliphatic heterocycles. The van der Waals surface area contributed by atoms with Gasteiger partial charge in [-0.2, -0.15) is 0 Å². The summed E-state index contributed by atoms with van der Waals surface area (Å²) in [6.07, 6.45) is 2.91. The van der Waals surface area contributed by atoms with E-state index in [9.17, 15) is 9.59 Å². The average Bonchev–Trinajstić information content (AvgIpc) is 2.47. The largest absolute Gasteiger partial charge is 0.355 e. The highest BCUT2D eigenvalue weighted by Gasteiger charge is 2.10. The van der Waals surface area contributed by atoms with E-state index in [1.54, 1.807) is 37.4 Å². The van der Waals surface area contributed by atoms with Crippen LogP contribution in [0.15, 0.2) is 42.7 Å². The zero-order valence-electron chi connectivity index (χ0n) is 10.7. The van der Waals surface area contributed by atoms with Crippen LogP contribution in [-0.2, 0) is 0 Å². The lowest BCUT2D eigenvalue weighted by molar-refractivity contribution is 0.0962. The molecule has 2 aromatic rings. The second-order valence-corrected chi connectivity index (χ2v) is 4.37. The van der Waals surface area contributed by atoms with Crippen molar-refractivity contribution in [2.24, 2.45) is 0 Å². The maximum atomic E-state index is 12.0. The molecule has 1 heterocycles. The summed E-state index contributed by atoms with van der Waals surface area (Å²) in [5.74, 6) is -0.533. The third-order valence-electron chi connectivity index (χ3n) is 2.64. The molecule has 0 unspecified atom stereocenters. The first-order valence-electron chi connectivity index (χ1n) is 5.85. The summed E-state index contributed by atoms with van der Waals surface area (Å²) in [4.78, 5) is 27.2. The van der Waals surface area contributed by atoms with Gasteiger partial charge in [-0.15, -0.1) is 0 Å². The fourth-order valence-electron chi connectivity index (χ4n) is 1.59. The number of hydrogen-bond donors (Lipinski definition) is 2. The monoisotopic (exact) mass is 289 g/mol. The van der Waals surface area contributed by atoms with Crippen molar-refractivity contribution in [3.8, 4) is 0 Å². The second-order valence-electron chi connectivity index (χ2n) is 3.97. The fourth-order valence-corrected chi connectivity index (χ4v) is 1.78. The first-order valence-corrected chi connectivity index (χ1v) is 6.22. The predicted molar refractivity (Wildman–Crippen MR) is 77.0 cm³/mol. The molecule has 0 aliphatic carbocycles. The molecule has 0 saturated carbocycles. The van der Waals surface area contributed by atoms with Gasteiger partial charge in [0.25, 0.3) is 11.8 Å². The van der Waals surface area contributed by atoms with E-state index in [1.807, 2.05) is 0 Å². The Hall–Kier alpha value is -2.40. The number of pyridine rings is 1. The SMILES string of the molecule is CNC(=O)c1ccc(NC(=O)c2cnccc2Cl)cc1. The van der Waals surface area contributed by atoms with E-state index in [2.05, 4.69) is 15.6 Å². The molecule has 0 bridgehead atoms. The summed E-state index contributed by atoms with van der Waals surface area (Å²) < 4.78 is 0. The molecule has 2 rings (SSSR count). The number of halogens is 1. The molecule has 0 saturated heterocycles. The van der Waals surface area contributed by atoms with Gasteiger partial charge in [0.2, 0.25) is 0 Å². The Balaban J connectivity index is 2.13. The molecule has 0 radical (unpaired) electrons. The van der Waals surface area contributed by atoms with Gasteiger partial charge in [-0.05, 0) is 30.3 Å². The molecular weight excluding hydrogens is 278 g/mol. The lowest BCUT2D eigenvalue weighted by Crippen LogP contribution is -2.18. The lowest BCUT2D eigenvalue weighted by atomic mass is 10.2. The van der Waals surface area contributed by atoms with Crippen LogP contribution in [0.2, 0.25) is 5.02 Å². The molecule has 2 amide bonds. The molecule has 1 aromatic heterocycles. The maximum Gasteiger partial charge on any atom is 0.258 e. The van der Waals surface area contributed by atoms with Crippen LogP contribution in [0.4, 0.5) is 5.69 Å². The van der Waals surface area contributed by atoms with Crippen LogP contribution >= 0.6 is 11.6 Å². The van der Waals surface area contributed by atoms with Gasteiger partial charge in [0.15, 0.2) is 0 Å². The first-order chi connectivity index (χ1) is 9.61. The second kappa shape index (κ2) is 6.16. The number of benzene rings is 1. The number of aromatic nitrogens is 1. The van der Waals surface area contributed by atoms with Crippen LogP contribution in [-0.4, -0.2) is 23.8 Å². The van der Waals surface area contributed by atoms with Gasteiger partial charge in [-0.25, -0.2) is 0 Å². The molecule has 2 N–H and O–H groups in total. The van der Waals surface area contributed by atoms with Crippen molar-refractivity contribution in [1.29, 1.82) is 0 Å².